The zero-order chi connectivity index (χ0) is 43.9. The van der Waals surface area contributed by atoms with E-state index in [4.69, 9.17) is 19.7 Å². The first-order valence-electron chi connectivity index (χ1n) is 22.2. The topological polar surface area (TPSA) is 74.0 Å². The van der Waals surface area contributed by atoms with Gasteiger partial charge in [0.05, 0.1) is 11.4 Å². The van der Waals surface area contributed by atoms with Crippen LogP contribution in [0.1, 0.15) is 11.1 Å². The molecule has 0 radical (unpaired) electrons. The first-order chi connectivity index (χ1) is 32.5. The minimum absolute atomic E-state index is 0.242. The second-order valence-electron chi connectivity index (χ2n) is 17.2. The Balaban J connectivity index is 0.826. The Hall–Kier alpha value is -8.86. The van der Waals surface area contributed by atoms with Crippen LogP contribution >= 0.6 is 0 Å². The third-order valence-corrected chi connectivity index (χ3v) is 13.3. The SMILES string of the molecule is N=C1C(=N)c2ccc(-c3cccc(-c4cccc(-c5ccc6oc7ccccc7c6c5)c4)c3)cc2-c2cc(-c3cccc(-c4cccc(-c5ccc6oc7ccccc7c6c5)c4)c3)ccc21. The zero-order valence-electron chi connectivity index (χ0n) is 35.6. The number of benzene rings is 10. The number of hydrogen-bond donors (Lipinski definition) is 2. The number of para-hydroxylation sites is 2. The van der Waals surface area contributed by atoms with Crippen LogP contribution in [0.5, 0.6) is 0 Å². The zero-order valence-corrected chi connectivity index (χ0v) is 35.6. The van der Waals surface area contributed by atoms with Crippen molar-refractivity contribution in [2.24, 2.45) is 0 Å². The molecule has 0 fully saturated rings. The molecule has 12 aromatic rings. The van der Waals surface area contributed by atoms with Crippen LogP contribution in [0.4, 0.5) is 0 Å². The summed E-state index contributed by atoms with van der Waals surface area (Å²) in [6, 6.07) is 76.7. The Labute approximate surface area is 380 Å². The lowest BCUT2D eigenvalue weighted by molar-refractivity contribution is 0.668. The summed E-state index contributed by atoms with van der Waals surface area (Å²) in [5, 5.41) is 22.6. The van der Waals surface area contributed by atoms with Crippen LogP contribution in [0.25, 0.3) is 122 Å². The van der Waals surface area contributed by atoms with Crippen LogP contribution < -0.4 is 0 Å². The van der Waals surface area contributed by atoms with Crippen molar-refractivity contribution in [1.29, 1.82) is 10.8 Å². The highest BCUT2D eigenvalue weighted by atomic mass is 16.3. The van der Waals surface area contributed by atoms with E-state index in [1.807, 2.05) is 36.4 Å². The normalized spacial score (nSPS) is 12.3. The molecule has 4 heteroatoms. The summed E-state index contributed by atoms with van der Waals surface area (Å²) in [5.41, 5.74) is 20.9. The van der Waals surface area contributed by atoms with Gasteiger partial charge in [-0.1, -0.05) is 146 Å². The van der Waals surface area contributed by atoms with Gasteiger partial charge in [-0.3, -0.25) is 10.8 Å². The van der Waals surface area contributed by atoms with Gasteiger partial charge in [-0.05, 0) is 151 Å². The number of furan rings is 2. The van der Waals surface area contributed by atoms with Crippen molar-refractivity contribution in [3.8, 4) is 77.9 Å². The minimum Gasteiger partial charge on any atom is -0.456 e. The molecule has 13 rings (SSSR count). The molecule has 0 saturated carbocycles. The van der Waals surface area contributed by atoms with Gasteiger partial charge in [0.15, 0.2) is 0 Å². The van der Waals surface area contributed by atoms with Gasteiger partial charge in [0.25, 0.3) is 0 Å². The number of fused-ring (bicyclic) bond motifs is 9. The molecule has 0 bridgehead atoms. The van der Waals surface area contributed by atoms with E-state index in [0.717, 1.165) is 133 Å². The van der Waals surface area contributed by atoms with E-state index in [1.54, 1.807) is 0 Å². The molecule has 4 nitrogen and oxygen atoms in total. The molecule has 0 unspecified atom stereocenters. The second kappa shape index (κ2) is 14.9. The average Bonchev–Trinajstić information content (AvgIpc) is 3.95. The fraction of sp³-hybridized carbons (Fsp3) is 0. The van der Waals surface area contributed by atoms with E-state index in [2.05, 4.69) is 182 Å². The lowest BCUT2D eigenvalue weighted by atomic mass is 9.80. The van der Waals surface area contributed by atoms with Gasteiger partial charge >= 0.3 is 0 Å². The molecular weight excluding hydrogens is 805 g/mol. The van der Waals surface area contributed by atoms with E-state index in [0.29, 0.717) is 0 Å². The van der Waals surface area contributed by atoms with Gasteiger partial charge in [-0.25, -0.2) is 0 Å². The smallest absolute Gasteiger partial charge is 0.135 e. The van der Waals surface area contributed by atoms with Crippen molar-refractivity contribution < 1.29 is 8.83 Å². The first kappa shape index (κ1) is 37.7. The van der Waals surface area contributed by atoms with Gasteiger partial charge in [-0.15, -0.1) is 0 Å². The molecule has 308 valence electrons. The predicted molar refractivity (Wildman–Crippen MR) is 273 cm³/mol. The maximum Gasteiger partial charge on any atom is 0.135 e. The fourth-order valence-corrected chi connectivity index (χ4v) is 9.92. The summed E-state index contributed by atoms with van der Waals surface area (Å²) < 4.78 is 12.2. The van der Waals surface area contributed by atoms with Crippen LogP contribution in [-0.4, -0.2) is 11.4 Å². The monoisotopic (exact) mass is 842 g/mol. The molecule has 2 aromatic heterocycles. The van der Waals surface area contributed by atoms with Crippen LogP contribution in [0.2, 0.25) is 0 Å². The molecule has 0 atom stereocenters. The molecule has 2 heterocycles. The molecule has 1 aliphatic carbocycles. The Morgan fingerprint density at radius 1 is 0.212 bits per heavy atom. The largest absolute Gasteiger partial charge is 0.456 e. The van der Waals surface area contributed by atoms with Gasteiger partial charge < -0.3 is 8.83 Å². The highest BCUT2D eigenvalue weighted by molar-refractivity contribution is 6.55. The molecule has 0 amide bonds. The lowest BCUT2D eigenvalue weighted by Crippen LogP contribution is -2.21. The van der Waals surface area contributed by atoms with E-state index in [1.165, 1.54) is 0 Å². The van der Waals surface area contributed by atoms with E-state index in [9.17, 15) is 0 Å². The van der Waals surface area contributed by atoms with Crippen LogP contribution in [-0.2, 0) is 0 Å². The van der Waals surface area contributed by atoms with E-state index in [-0.39, 0.29) is 11.4 Å². The Bertz CT molecular complexity index is 3740. The number of nitrogens with one attached hydrogen (secondary N) is 2. The molecule has 0 spiro atoms. The summed E-state index contributed by atoms with van der Waals surface area (Å²) in [6.45, 7) is 0. The quantitative estimate of drug-likeness (QED) is 0.175. The van der Waals surface area contributed by atoms with Gasteiger partial charge in [0, 0.05) is 32.7 Å². The van der Waals surface area contributed by atoms with E-state index < -0.39 is 0 Å². The third-order valence-electron chi connectivity index (χ3n) is 13.3. The maximum absolute atomic E-state index is 9.05. The Kier molecular flexibility index (Phi) is 8.49. The summed E-state index contributed by atoms with van der Waals surface area (Å²) >= 11 is 0. The summed E-state index contributed by atoms with van der Waals surface area (Å²) in [5.74, 6) is 0. The molecular formula is C62H38N2O2. The minimum atomic E-state index is 0.242. The van der Waals surface area contributed by atoms with Crippen LogP contribution in [0.3, 0.4) is 0 Å². The third kappa shape index (κ3) is 6.22. The molecule has 0 aliphatic heterocycles. The summed E-state index contributed by atoms with van der Waals surface area (Å²) in [4.78, 5) is 0. The second-order valence-corrected chi connectivity index (χ2v) is 17.2. The van der Waals surface area contributed by atoms with Gasteiger partial charge in [0.2, 0.25) is 0 Å². The van der Waals surface area contributed by atoms with Crippen molar-refractivity contribution in [3.63, 3.8) is 0 Å². The van der Waals surface area contributed by atoms with Crippen molar-refractivity contribution in [2.45, 2.75) is 0 Å². The fourth-order valence-electron chi connectivity index (χ4n) is 9.92. The van der Waals surface area contributed by atoms with Crippen molar-refractivity contribution in [3.05, 3.63) is 230 Å². The van der Waals surface area contributed by atoms with Gasteiger partial charge in [0.1, 0.15) is 22.3 Å². The van der Waals surface area contributed by atoms with Gasteiger partial charge in [-0.2, -0.15) is 0 Å². The molecule has 66 heavy (non-hydrogen) atoms. The Morgan fingerprint density at radius 3 is 0.864 bits per heavy atom. The van der Waals surface area contributed by atoms with Crippen LogP contribution in [0, 0.1) is 10.8 Å². The van der Waals surface area contributed by atoms with Crippen molar-refractivity contribution in [1.82, 2.24) is 0 Å². The molecule has 0 saturated heterocycles. The van der Waals surface area contributed by atoms with E-state index >= 15 is 0 Å². The Morgan fingerprint density at radius 2 is 0.500 bits per heavy atom. The highest BCUT2D eigenvalue weighted by Crippen LogP contribution is 2.41. The predicted octanol–water partition coefficient (Wildman–Crippen LogP) is 16.9. The van der Waals surface area contributed by atoms with Crippen molar-refractivity contribution >= 4 is 55.3 Å². The maximum atomic E-state index is 9.05. The first-order valence-corrected chi connectivity index (χ1v) is 22.2. The van der Waals surface area contributed by atoms with Crippen molar-refractivity contribution in [2.75, 3.05) is 0 Å². The van der Waals surface area contributed by atoms with Crippen LogP contribution in [0.15, 0.2) is 227 Å². The highest BCUT2D eigenvalue weighted by Gasteiger charge is 2.26. The lowest BCUT2D eigenvalue weighted by Gasteiger charge is -2.23. The standard InChI is InChI=1S/C62H38N2O2/c63-61-51-25-21-45(41-13-5-9-37(29-41)39-11-7-15-43(31-39)47-23-27-59-55(35-47)49-17-1-3-19-57(49)65-59)33-53(51)54-34-46(22-26-52(54)62(61)64)42-14-6-10-38(30-42)40-12-8-16-44(32-40)48-24-28-60-56(36-48)50-18-2-4-20-58(50)66-60/h1-36,63-64H. The number of rotatable bonds is 6. The summed E-state index contributed by atoms with van der Waals surface area (Å²) in [7, 11) is 0. The molecule has 2 N–H and O–H groups in total. The number of hydrogen-bond acceptors (Lipinski definition) is 4. The average molecular weight is 843 g/mol. The molecule has 1 aliphatic rings. The summed E-state index contributed by atoms with van der Waals surface area (Å²) in [6.07, 6.45) is 0. The molecule has 10 aromatic carbocycles.